The number of anilines is 1. The molecule has 0 spiro atoms. The van der Waals surface area contributed by atoms with E-state index in [4.69, 9.17) is 11.6 Å². The van der Waals surface area contributed by atoms with Gasteiger partial charge in [0, 0.05) is 23.6 Å². The smallest absolute Gasteiger partial charge is 0.246 e. The van der Waals surface area contributed by atoms with Crippen LogP contribution >= 0.6 is 11.6 Å². The first kappa shape index (κ1) is 21.4. The van der Waals surface area contributed by atoms with Crippen LogP contribution in [-0.2, 0) is 27.1 Å². The van der Waals surface area contributed by atoms with Gasteiger partial charge in [0.15, 0.2) is 9.84 Å². The maximum Gasteiger partial charge on any atom is 0.246 e. The number of amides is 1. The molecule has 0 saturated carbocycles. The van der Waals surface area contributed by atoms with Crippen molar-refractivity contribution in [1.29, 1.82) is 0 Å². The third-order valence-electron chi connectivity index (χ3n) is 4.29. The Kier molecular flexibility index (Phi) is 5.47. The van der Waals surface area contributed by atoms with Gasteiger partial charge in [-0.25, -0.2) is 12.8 Å². The lowest BCUT2D eigenvalue weighted by Gasteiger charge is -2.24. The van der Waals surface area contributed by atoms with E-state index in [1.165, 1.54) is 24.6 Å². The van der Waals surface area contributed by atoms with Gasteiger partial charge < -0.3 is 5.32 Å². The van der Waals surface area contributed by atoms with Crippen molar-refractivity contribution < 1.29 is 17.6 Å². The fourth-order valence-electron chi connectivity index (χ4n) is 2.31. The van der Waals surface area contributed by atoms with Gasteiger partial charge >= 0.3 is 0 Å². The summed E-state index contributed by atoms with van der Waals surface area (Å²) in [5.74, 6) is -1.44. The van der Waals surface area contributed by atoms with Gasteiger partial charge in [-0.3, -0.25) is 9.48 Å². The number of carbonyl (C=O) groups excluding carboxylic acids is 1. The Labute approximate surface area is 163 Å². The molecule has 148 valence electrons. The van der Waals surface area contributed by atoms with E-state index in [9.17, 15) is 17.6 Å². The molecule has 0 aliphatic rings. The second kappa shape index (κ2) is 6.91. The molecule has 0 aliphatic carbocycles. The molecule has 1 N–H and O–H groups in total. The molecule has 0 radical (unpaired) electrons. The maximum atomic E-state index is 14.2. The van der Waals surface area contributed by atoms with E-state index >= 15 is 0 Å². The molecule has 6 nitrogen and oxygen atoms in total. The van der Waals surface area contributed by atoms with Crippen molar-refractivity contribution >= 4 is 33.2 Å². The molecular weight excluding hydrogens is 393 g/mol. The molecule has 1 heterocycles. The molecule has 27 heavy (non-hydrogen) atoms. The number of aromatic nitrogens is 2. The molecule has 0 saturated heterocycles. The molecule has 0 unspecified atom stereocenters. The van der Waals surface area contributed by atoms with Crippen LogP contribution in [0, 0.1) is 5.82 Å². The molecule has 1 amide bonds. The number of sulfone groups is 1. The normalized spacial score (nSPS) is 12.9. The summed E-state index contributed by atoms with van der Waals surface area (Å²) in [7, 11) is -2.67. The first-order chi connectivity index (χ1) is 12.2. The fourth-order valence-corrected chi connectivity index (χ4v) is 3.87. The average molecular weight is 416 g/mol. The summed E-state index contributed by atoms with van der Waals surface area (Å²) in [5, 5.41) is 6.99. The number of benzene rings is 1. The number of rotatable bonds is 4. The summed E-state index contributed by atoms with van der Waals surface area (Å²) >= 11 is 5.68. The fraction of sp³-hybridized carbons (Fsp3) is 0.444. The molecule has 0 aliphatic heterocycles. The van der Waals surface area contributed by atoms with Crippen LogP contribution in [0.1, 0.15) is 40.3 Å². The van der Waals surface area contributed by atoms with Crippen LogP contribution in [0.4, 0.5) is 10.2 Å². The Hall–Kier alpha value is -1.93. The van der Waals surface area contributed by atoms with Crippen LogP contribution in [0.5, 0.6) is 0 Å². The van der Waals surface area contributed by atoms with Gasteiger partial charge in [-0.15, -0.1) is 0 Å². The Balaban J connectivity index is 2.38. The van der Waals surface area contributed by atoms with E-state index < -0.39 is 31.2 Å². The lowest BCUT2D eigenvalue weighted by Crippen LogP contribution is -2.45. The topological polar surface area (TPSA) is 81.1 Å². The Morgan fingerprint density at radius 2 is 1.78 bits per heavy atom. The van der Waals surface area contributed by atoms with E-state index in [0.717, 1.165) is 17.8 Å². The zero-order chi connectivity index (χ0) is 20.8. The van der Waals surface area contributed by atoms with E-state index in [1.54, 1.807) is 13.1 Å². The Morgan fingerprint density at radius 3 is 2.26 bits per heavy atom. The van der Waals surface area contributed by atoms with Crippen LogP contribution in [-0.4, -0.2) is 28.9 Å². The van der Waals surface area contributed by atoms with E-state index in [0.29, 0.717) is 5.82 Å². The SMILES string of the molecule is Cn1nc(C(C)(C)C)cc1NC(=O)C(C)(C)S(=O)(=O)c1ccc(Cl)cc1F. The van der Waals surface area contributed by atoms with Crippen molar-refractivity contribution in [2.45, 2.75) is 49.7 Å². The Morgan fingerprint density at radius 1 is 1.19 bits per heavy atom. The predicted octanol–water partition coefficient (Wildman–Crippen LogP) is 3.70. The largest absolute Gasteiger partial charge is 0.310 e. The number of nitrogens with zero attached hydrogens (tertiary/aromatic N) is 2. The zero-order valence-corrected chi connectivity index (χ0v) is 17.7. The number of halogens is 2. The quantitative estimate of drug-likeness (QED) is 0.825. The van der Waals surface area contributed by atoms with Gasteiger partial charge in [-0.1, -0.05) is 32.4 Å². The van der Waals surface area contributed by atoms with Crippen LogP contribution < -0.4 is 5.32 Å². The highest BCUT2D eigenvalue weighted by Crippen LogP contribution is 2.30. The minimum Gasteiger partial charge on any atom is -0.310 e. The second-order valence-electron chi connectivity index (χ2n) is 7.83. The van der Waals surface area contributed by atoms with Crippen LogP contribution in [0.15, 0.2) is 29.2 Å². The van der Waals surface area contributed by atoms with Crippen molar-refractivity contribution in [3.05, 3.63) is 40.8 Å². The van der Waals surface area contributed by atoms with Crippen molar-refractivity contribution in [2.24, 2.45) is 7.05 Å². The van der Waals surface area contributed by atoms with Crippen molar-refractivity contribution in [1.82, 2.24) is 9.78 Å². The monoisotopic (exact) mass is 415 g/mol. The molecule has 1 aromatic carbocycles. The molecule has 2 aromatic rings. The van der Waals surface area contributed by atoms with Gasteiger partial charge in [0.25, 0.3) is 0 Å². The summed E-state index contributed by atoms with van der Waals surface area (Å²) < 4.78 is 39.5. The van der Waals surface area contributed by atoms with Gasteiger partial charge in [0.2, 0.25) is 5.91 Å². The van der Waals surface area contributed by atoms with Crippen LogP contribution in [0.3, 0.4) is 0 Å². The summed E-state index contributed by atoms with van der Waals surface area (Å²) in [5.41, 5.74) is 0.499. The predicted molar refractivity (Wildman–Crippen MR) is 103 cm³/mol. The number of hydrogen-bond acceptors (Lipinski definition) is 4. The molecule has 0 atom stereocenters. The van der Waals surface area contributed by atoms with Crippen LogP contribution in [0.25, 0.3) is 0 Å². The van der Waals surface area contributed by atoms with Crippen molar-refractivity contribution in [3.63, 3.8) is 0 Å². The summed E-state index contributed by atoms with van der Waals surface area (Å²) in [4.78, 5) is 12.2. The number of aryl methyl sites for hydroxylation is 1. The molecule has 0 fully saturated rings. The van der Waals surface area contributed by atoms with Crippen molar-refractivity contribution in [2.75, 3.05) is 5.32 Å². The summed E-state index contributed by atoms with van der Waals surface area (Å²) in [6.45, 7) is 8.37. The molecule has 9 heteroatoms. The third kappa shape index (κ3) is 4.01. The average Bonchev–Trinajstić information content (AvgIpc) is 2.87. The van der Waals surface area contributed by atoms with E-state index in [1.807, 2.05) is 20.8 Å². The third-order valence-corrected chi connectivity index (χ3v) is 6.97. The standard InChI is InChI=1S/C18H23ClFN3O3S/c1-17(2,3)14-10-15(23(6)22-14)21-16(24)18(4,5)27(25,26)13-8-7-11(19)9-12(13)20/h7-10H,1-6H3,(H,21,24). The first-order valence-corrected chi connectivity index (χ1v) is 10.1. The second-order valence-corrected chi connectivity index (χ2v) is 10.7. The molecular formula is C18H23ClFN3O3S. The lowest BCUT2D eigenvalue weighted by atomic mass is 9.92. The zero-order valence-electron chi connectivity index (χ0n) is 16.1. The maximum absolute atomic E-state index is 14.2. The van der Waals surface area contributed by atoms with Gasteiger partial charge in [-0.2, -0.15) is 5.10 Å². The lowest BCUT2D eigenvalue weighted by molar-refractivity contribution is -0.117. The highest BCUT2D eigenvalue weighted by Gasteiger charge is 2.44. The van der Waals surface area contributed by atoms with E-state index in [-0.39, 0.29) is 10.4 Å². The summed E-state index contributed by atoms with van der Waals surface area (Å²) in [6, 6.07) is 4.91. The van der Waals surface area contributed by atoms with E-state index in [2.05, 4.69) is 10.4 Å². The van der Waals surface area contributed by atoms with Gasteiger partial charge in [0.05, 0.1) is 5.69 Å². The molecule has 2 rings (SSSR count). The molecule has 0 bridgehead atoms. The Bertz CT molecular complexity index is 992. The number of hydrogen-bond donors (Lipinski definition) is 1. The van der Waals surface area contributed by atoms with Gasteiger partial charge in [0.1, 0.15) is 21.3 Å². The highest BCUT2D eigenvalue weighted by atomic mass is 35.5. The van der Waals surface area contributed by atoms with Gasteiger partial charge in [-0.05, 0) is 32.0 Å². The number of carbonyl (C=O) groups is 1. The first-order valence-electron chi connectivity index (χ1n) is 8.23. The van der Waals surface area contributed by atoms with Crippen molar-refractivity contribution in [3.8, 4) is 0 Å². The number of nitrogens with one attached hydrogen (secondary N) is 1. The minimum atomic E-state index is -4.32. The highest BCUT2D eigenvalue weighted by molar-refractivity contribution is 7.93. The summed E-state index contributed by atoms with van der Waals surface area (Å²) in [6.07, 6.45) is 0. The molecule has 1 aromatic heterocycles. The minimum absolute atomic E-state index is 0.0679. The van der Waals surface area contributed by atoms with Crippen LogP contribution in [0.2, 0.25) is 5.02 Å².